The van der Waals surface area contributed by atoms with Crippen molar-refractivity contribution in [2.45, 2.75) is 40.0 Å². The molecular weight excluding hydrogens is 386 g/mol. The highest BCUT2D eigenvalue weighted by Crippen LogP contribution is 2.33. The summed E-state index contributed by atoms with van der Waals surface area (Å²) in [4.78, 5) is 51.7. The second kappa shape index (κ2) is 8.52. The summed E-state index contributed by atoms with van der Waals surface area (Å²) >= 11 is 0. The molecule has 0 radical (unpaired) electrons. The highest BCUT2D eigenvalue weighted by atomic mass is 16.5. The first-order valence-electron chi connectivity index (χ1n) is 9.79. The van der Waals surface area contributed by atoms with Crippen molar-refractivity contribution in [1.82, 2.24) is 15.8 Å². The van der Waals surface area contributed by atoms with E-state index in [4.69, 9.17) is 4.74 Å². The van der Waals surface area contributed by atoms with Gasteiger partial charge in [-0.3, -0.25) is 30.0 Å². The van der Waals surface area contributed by atoms with Crippen LogP contribution < -0.4 is 21.1 Å². The average molecular weight is 411 g/mol. The summed E-state index contributed by atoms with van der Waals surface area (Å²) in [6.07, 6.45) is 1.63. The Balaban J connectivity index is 1.62. The number of fused-ring (bicyclic) bond motifs is 1. The Labute approximate surface area is 174 Å². The number of aryl methyl sites for hydroxylation is 1. The number of ketones is 1. The van der Waals surface area contributed by atoms with Gasteiger partial charge in [0.1, 0.15) is 11.3 Å². The highest BCUT2D eigenvalue weighted by molar-refractivity contribution is 6.02. The average Bonchev–Trinajstić information content (AvgIpc) is 2.69. The number of ether oxygens (including phenoxy) is 1. The molecule has 0 spiro atoms. The molecule has 3 rings (SSSR count). The van der Waals surface area contributed by atoms with Gasteiger partial charge in [0.15, 0.2) is 12.4 Å². The number of H-pyrrole nitrogens is 1. The van der Waals surface area contributed by atoms with E-state index in [-0.39, 0.29) is 23.4 Å². The summed E-state index contributed by atoms with van der Waals surface area (Å²) in [5.41, 5.74) is 5.15. The van der Waals surface area contributed by atoms with Gasteiger partial charge in [-0.25, -0.2) is 0 Å². The van der Waals surface area contributed by atoms with Crippen molar-refractivity contribution < 1.29 is 19.1 Å². The molecule has 2 amide bonds. The Hall–Kier alpha value is -3.42. The topological polar surface area (TPSA) is 117 Å². The molecule has 0 atom stereocenters. The third-order valence-electron chi connectivity index (χ3n) is 4.99. The Kier molecular flexibility index (Phi) is 6.05. The number of pyridine rings is 1. The molecule has 1 aromatic carbocycles. The van der Waals surface area contributed by atoms with Crippen molar-refractivity contribution in [3.05, 3.63) is 63.1 Å². The number of nitrogens with one attached hydrogen (secondary N) is 3. The minimum Gasteiger partial charge on any atom is -0.483 e. The summed E-state index contributed by atoms with van der Waals surface area (Å²) in [6.45, 7) is 5.57. The van der Waals surface area contributed by atoms with E-state index in [0.29, 0.717) is 29.8 Å². The van der Waals surface area contributed by atoms with E-state index in [2.05, 4.69) is 15.8 Å². The second-order valence-corrected chi connectivity index (χ2v) is 8.10. The van der Waals surface area contributed by atoms with Crippen LogP contribution in [-0.2, 0) is 17.6 Å². The number of benzene rings is 1. The lowest BCUT2D eigenvalue weighted by Crippen LogP contribution is -2.45. The van der Waals surface area contributed by atoms with Gasteiger partial charge in [-0.05, 0) is 36.0 Å². The molecule has 0 saturated carbocycles. The van der Waals surface area contributed by atoms with Gasteiger partial charge in [-0.15, -0.1) is 0 Å². The Morgan fingerprint density at radius 1 is 1.13 bits per heavy atom. The Morgan fingerprint density at radius 3 is 2.60 bits per heavy atom. The first-order valence-corrected chi connectivity index (χ1v) is 9.79. The van der Waals surface area contributed by atoms with E-state index in [1.54, 1.807) is 12.1 Å². The number of Topliss-reactive ketones (excluding diaryl/α,β-unsaturated/α-hetero) is 1. The molecule has 158 valence electrons. The van der Waals surface area contributed by atoms with Crippen LogP contribution in [0.5, 0.6) is 5.75 Å². The number of aromatic nitrogens is 1. The molecule has 0 bridgehead atoms. The molecule has 1 aromatic heterocycles. The van der Waals surface area contributed by atoms with Crippen LogP contribution in [0.1, 0.15) is 59.2 Å². The molecule has 0 aliphatic heterocycles. The fourth-order valence-corrected chi connectivity index (χ4v) is 3.51. The predicted molar refractivity (Wildman–Crippen MR) is 110 cm³/mol. The number of hydrogen-bond acceptors (Lipinski definition) is 5. The minimum atomic E-state index is -0.806. The Morgan fingerprint density at radius 2 is 1.87 bits per heavy atom. The fraction of sp³-hybridized carbons (Fsp3) is 0.364. The second-order valence-electron chi connectivity index (χ2n) is 8.10. The standard InChI is InChI=1S/C22H25N3O5/c1-4-13-7-5-6-8-18(13)30-12-19(27)24-25-21(29)15-9-14-16(23-20(15)28)10-22(2,3)11-17(14)26/h5-9H,4,10-12H2,1-3H3,(H,23,28)(H,24,27)(H,25,29). The van der Waals surface area contributed by atoms with Crippen molar-refractivity contribution in [1.29, 1.82) is 0 Å². The van der Waals surface area contributed by atoms with Crippen LogP contribution >= 0.6 is 0 Å². The molecule has 2 aromatic rings. The van der Waals surface area contributed by atoms with Gasteiger partial charge >= 0.3 is 0 Å². The summed E-state index contributed by atoms with van der Waals surface area (Å²) < 4.78 is 5.48. The van der Waals surface area contributed by atoms with Crippen LogP contribution in [0.15, 0.2) is 35.1 Å². The number of aromatic amines is 1. The van der Waals surface area contributed by atoms with Crippen molar-refractivity contribution in [3.63, 3.8) is 0 Å². The highest BCUT2D eigenvalue weighted by Gasteiger charge is 2.32. The van der Waals surface area contributed by atoms with Crippen LogP contribution in [-0.4, -0.2) is 29.2 Å². The zero-order chi connectivity index (χ0) is 21.9. The molecule has 8 nitrogen and oxygen atoms in total. The first kappa shape index (κ1) is 21.3. The summed E-state index contributed by atoms with van der Waals surface area (Å²) in [6, 6.07) is 8.64. The van der Waals surface area contributed by atoms with Crippen LogP contribution in [0.4, 0.5) is 0 Å². The van der Waals surface area contributed by atoms with Crippen LogP contribution in [0.25, 0.3) is 0 Å². The molecule has 3 N–H and O–H groups in total. The largest absolute Gasteiger partial charge is 0.483 e. The van der Waals surface area contributed by atoms with Gasteiger partial charge in [0, 0.05) is 17.7 Å². The number of para-hydroxylation sites is 1. The molecule has 1 heterocycles. The first-order chi connectivity index (χ1) is 14.2. The maximum atomic E-state index is 12.4. The van der Waals surface area contributed by atoms with Crippen LogP contribution in [0, 0.1) is 5.41 Å². The summed E-state index contributed by atoms with van der Waals surface area (Å²) in [5, 5.41) is 0. The molecular formula is C22H25N3O5. The smallest absolute Gasteiger partial charge is 0.276 e. The van der Waals surface area contributed by atoms with E-state index in [9.17, 15) is 19.2 Å². The zero-order valence-corrected chi connectivity index (χ0v) is 17.3. The predicted octanol–water partition coefficient (Wildman–Crippen LogP) is 1.93. The quantitative estimate of drug-likeness (QED) is 0.650. The number of hydrazine groups is 1. The van der Waals surface area contributed by atoms with E-state index >= 15 is 0 Å². The molecule has 8 heteroatoms. The Bertz CT molecular complexity index is 1050. The fourth-order valence-electron chi connectivity index (χ4n) is 3.51. The minimum absolute atomic E-state index is 0.126. The van der Waals surface area contributed by atoms with E-state index in [1.807, 2.05) is 32.9 Å². The van der Waals surface area contributed by atoms with Gasteiger partial charge in [0.2, 0.25) is 0 Å². The number of carbonyl (C=O) groups excluding carboxylic acids is 3. The molecule has 0 unspecified atom stereocenters. The summed E-state index contributed by atoms with van der Waals surface area (Å²) in [7, 11) is 0. The lowest BCUT2D eigenvalue weighted by molar-refractivity contribution is -0.123. The maximum absolute atomic E-state index is 12.4. The number of hydrogen-bond donors (Lipinski definition) is 3. The lowest BCUT2D eigenvalue weighted by Gasteiger charge is -2.29. The molecule has 30 heavy (non-hydrogen) atoms. The molecule has 0 fully saturated rings. The molecule has 0 saturated heterocycles. The van der Waals surface area contributed by atoms with E-state index < -0.39 is 17.4 Å². The van der Waals surface area contributed by atoms with Gasteiger partial charge in [0.05, 0.1) is 0 Å². The van der Waals surface area contributed by atoms with Crippen molar-refractivity contribution in [2.24, 2.45) is 5.41 Å². The van der Waals surface area contributed by atoms with E-state index in [1.165, 1.54) is 6.07 Å². The van der Waals surface area contributed by atoms with Gasteiger partial charge in [-0.1, -0.05) is 39.0 Å². The van der Waals surface area contributed by atoms with Crippen molar-refractivity contribution >= 4 is 17.6 Å². The molecule has 1 aliphatic rings. The van der Waals surface area contributed by atoms with E-state index in [0.717, 1.165) is 12.0 Å². The van der Waals surface area contributed by atoms with Gasteiger partial charge in [-0.2, -0.15) is 0 Å². The molecule has 1 aliphatic carbocycles. The lowest BCUT2D eigenvalue weighted by atomic mass is 9.75. The van der Waals surface area contributed by atoms with Crippen LogP contribution in [0.2, 0.25) is 0 Å². The van der Waals surface area contributed by atoms with Crippen molar-refractivity contribution in [3.8, 4) is 5.75 Å². The van der Waals surface area contributed by atoms with Crippen molar-refractivity contribution in [2.75, 3.05) is 6.61 Å². The van der Waals surface area contributed by atoms with Gasteiger partial charge < -0.3 is 9.72 Å². The number of rotatable bonds is 5. The van der Waals surface area contributed by atoms with Gasteiger partial charge in [0.25, 0.3) is 17.4 Å². The number of carbonyl (C=O) groups is 3. The number of amides is 2. The monoisotopic (exact) mass is 411 g/mol. The SMILES string of the molecule is CCc1ccccc1OCC(=O)NNC(=O)c1cc2c([nH]c1=O)CC(C)(C)CC2=O. The normalized spacial score (nSPS) is 14.6. The van der Waals surface area contributed by atoms with Crippen LogP contribution in [0.3, 0.4) is 0 Å². The maximum Gasteiger partial charge on any atom is 0.276 e. The zero-order valence-electron chi connectivity index (χ0n) is 17.3. The summed E-state index contributed by atoms with van der Waals surface area (Å²) in [5.74, 6) is -0.923. The third-order valence-corrected chi connectivity index (χ3v) is 4.99. The third kappa shape index (κ3) is 4.76.